The van der Waals surface area contributed by atoms with Gasteiger partial charge < -0.3 is 23.5 Å². The zero-order valence-electron chi connectivity index (χ0n) is 23.2. The van der Waals surface area contributed by atoms with Crippen molar-refractivity contribution in [3.8, 4) is 28.2 Å². The first-order valence-corrected chi connectivity index (χ1v) is 14.0. The molecule has 10 nitrogen and oxygen atoms in total. The Bertz CT molecular complexity index is 1980. The lowest BCUT2D eigenvalue weighted by molar-refractivity contribution is -0.148. The fourth-order valence-electron chi connectivity index (χ4n) is 6.49. The van der Waals surface area contributed by atoms with E-state index in [9.17, 15) is 18.8 Å². The van der Waals surface area contributed by atoms with Crippen molar-refractivity contribution in [2.75, 3.05) is 24.8 Å². The maximum Gasteiger partial charge on any atom is 0.336 e. The molecule has 12 heteroatoms. The van der Waals surface area contributed by atoms with Gasteiger partial charge in [0.25, 0.3) is 12.2 Å². The molecule has 4 aromatic rings. The lowest BCUT2D eigenvalue weighted by atomic mass is 9.92. The number of pyridine rings is 1. The van der Waals surface area contributed by atoms with Crippen molar-refractivity contribution in [2.24, 2.45) is 0 Å². The number of nitrogens with zero attached hydrogens (tertiary/aromatic N) is 3. The zero-order valence-corrected chi connectivity index (χ0v) is 23.2. The van der Waals surface area contributed by atoms with Gasteiger partial charge in [-0.15, -0.1) is 0 Å². The molecule has 3 atom stereocenters. The summed E-state index contributed by atoms with van der Waals surface area (Å²) in [7, 11) is 0. The van der Waals surface area contributed by atoms with E-state index in [0.29, 0.717) is 33.6 Å². The Hall–Kier alpha value is -5.23. The van der Waals surface area contributed by atoms with Crippen LogP contribution in [0.25, 0.3) is 22.5 Å². The number of furan rings is 1. The molecule has 222 valence electrons. The van der Waals surface area contributed by atoms with Gasteiger partial charge in [-0.25, -0.2) is 13.6 Å². The summed E-state index contributed by atoms with van der Waals surface area (Å²) in [5, 5.41) is 1.81. The third kappa shape index (κ3) is 3.70. The molecule has 2 aromatic heterocycles. The molecule has 2 aromatic carbocycles. The number of morpholine rings is 1. The number of hydrogen-bond donors (Lipinski definition) is 0. The van der Waals surface area contributed by atoms with E-state index < -0.39 is 47.4 Å². The number of rotatable bonds is 3. The monoisotopic (exact) mass is 599 g/mol. The molecular formula is C32H23F2N3O7. The highest BCUT2D eigenvalue weighted by molar-refractivity contribution is 5.97. The maximum absolute atomic E-state index is 15.8. The Labute approximate surface area is 248 Å². The van der Waals surface area contributed by atoms with Crippen molar-refractivity contribution in [1.29, 1.82) is 0 Å². The van der Waals surface area contributed by atoms with Gasteiger partial charge in [-0.3, -0.25) is 19.3 Å². The number of cyclic esters (lactones) is 1. The summed E-state index contributed by atoms with van der Waals surface area (Å²) in [5.74, 6) is -3.10. The Balaban J connectivity index is 1.40. The number of aromatic nitrogens is 1. The number of carbonyl (C=O) groups is 2. The van der Waals surface area contributed by atoms with Crippen LogP contribution in [0.2, 0.25) is 0 Å². The van der Waals surface area contributed by atoms with Crippen LogP contribution in [0.1, 0.15) is 34.6 Å². The van der Waals surface area contributed by atoms with Crippen molar-refractivity contribution in [3.05, 3.63) is 111 Å². The number of carbonyl (C=O) groups excluding carboxylic acids is 2. The van der Waals surface area contributed by atoms with E-state index in [1.165, 1.54) is 35.3 Å². The molecule has 44 heavy (non-hydrogen) atoms. The summed E-state index contributed by atoms with van der Waals surface area (Å²) >= 11 is 0. The molecule has 0 N–H and O–H groups in total. The quantitative estimate of drug-likeness (QED) is 0.324. The van der Waals surface area contributed by atoms with Crippen LogP contribution in [0.15, 0.2) is 81.9 Å². The normalized spacial score (nSPS) is 21.8. The smallest absolute Gasteiger partial charge is 0.336 e. The molecule has 0 saturated carbocycles. The predicted octanol–water partition coefficient (Wildman–Crippen LogP) is 4.11. The number of hydrogen-bond acceptors (Lipinski definition) is 8. The predicted molar refractivity (Wildman–Crippen MR) is 150 cm³/mol. The summed E-state index contributed by atoms with van der Waals surface area (Å²) in [6.07, 6.45) is 2.37. The van der Waals surface area contributed by atoms with Crippen molar-refractivity contribution in [3.63, 3.8) is 0 Å². The topological polar surface area (TPSA) is 103 Å². The molecule has 1 amide bonds. The third-order valence-corrected chi connectivity index (χ3v) is 8.44. The minimum absolute atomic E-state index is 0.0210. The molecule has 1 saturated heterocycles. The van der Waals surface area contributed by atoms with Crippen LogP contribution in [-0.4, -0.2) is 53.7 Å². The molecule has 1 unspecified atom stereocenters. The van der Waals surface area contributed by atoms with Crippen LogP contribution < -0.4 is 15.2 Å². The summed E-state index contributed by atoms with van der Waals surface area (Å²) in [6.45, 7) is 2.09. The van der Waals surface area contributed by atoms with E-state index in [4.69, 9.17) is 18.6 Å². The molecule has 5 heterocycles. The zero-order chi connectivity index (χ0) is 30.3. The fraction of sp³-hybridized carbons (Fsp3) is 0.219. The van der Waals surface area contributed by atoms with Crippen molar-refractivity contribution < 1.29 is 37.0 Å². The SMILES string of the molecule is CC1=CC(Oc2c3n(ccc2=O)N([C@@H]2c4ccccc4-c4occc4-c4c2ccc(F)c4F)[C@@H]2COCCN2C3=O)OC1=O. The second kappa shape index (κ2) is 9.64. The van der Waals surface area contributed by atoms with Gasteiger partial charge in [-0.2, -0.15) is 0 Å². The number of halogens is 2. The molecule has 1 fully saturated rings. The number of ether oxygens (including phenoxy) is 3. The van der Waals surface area contributed by atoms with Gasteiger partial charge in [0.1, 0.15) is 11.9 Å². The minimum atomic E-state index is -1.21. The van der Waals surface area contributed by atoms with Gasteiger partial charge in [-0.05, 0) is 30.2 Å². The molecule has 0 bridgehead atoms. The Morgan fingerprint density at radius 3 is 2.64 bits per heavy atom. The van der Waals surface area contributed by atoms with Crippen LogP contribution >= 0.6 is 0 Å². The van der Waals surface area contributed by atoms with E-state index in [-0.39, 0.29) is 36.8 Å². The van der Waals surface area contributed by atoms with Gasteiger partial charge in [0.2, 0.25) is 11.2 Å². The third-order valence-electron chi connectivity index (χ3n) is 8.44. The molecule has 8 rings (SSSR count). The van der Waals surface area contributed by atoms with E-state index in [0.717, 1.165) is 6.07 Å². The summed E-state index contributed by atoms with van der Waals surface area (Å²) in [6, 6.07) is 11.9. The number of amides is 1. The maximum atomic E-state index is 15.8. The molecule has 4 aliphatic rings. The van der Waals surface area contributed by atoms with Gasteiger partial charge in [0, 0.05) is 47.1 Å². The van der Waals surface area contributed by atoms with Gasteiger partial charge in [0.05, 0.1) is 25.5 Å². The van der Waals surface area contributed by atoms with Crippen LogP contribution in [0.3, 0.4) is 0 Å². The standard InChI is InChI=1S/C32H23F2N3O7/c1-16-14-24(44-32(16)40)43-30-22(38)8-10-36-28(30)31(39)35-11-13-41-15-23(35)37(36)27-17-4-2-3-5-18(17)29-20(9-12-42-29)25-19(27)6-7-21(33)26(25)34/h2-10,12,14,23-24,27H,11,13,15H2,1H3/t23-,24?,27-/m1/s1. The van der Waals surface area contributed by atoms with E-state index in [1.54, 1.807) is 17.9 Å². The molecule has 1 aliphatic carbocycles. The largest absolute Gasteiger partial charge is 0.464 e. The first kappa shape index (κ1) is 26.4. The second-order valence-electron chi connectivity index (χ2n) is 10.9. The first-order valence-electron chi connectivity index (χ1n) is 14.0. The fourth-order valence-corrected chi connectivity index (χ4v) is 6.49. The Morgan fingerprint density at radius 2 is 1.82 bits per heavy atom. The van der Waals surface area contributed by atoms with E-state index in [2.05, 4.69) is 0 Å². The Morgan fingerprint density at radius 1 is 0.977 bits per heavy atom. The molecule has 3 aliphatic heterocycles. The minimum Gasteiger partial charge on any atom is -0.464 e. The average molecular weight is 600 g/mol. The van der Waals surface area contributed by atoms with Crippen molar-refractivity contribution >= 4 is 11.9 Å². The van der Waals surface area contributed by atoms with Crippen molar-refractivity contribution in [2.45, 2.75) is 25.4 Å². The summed E-state index contributed by atoms with van der Waals surface area (Å²) in [5.41, 5.74) is 1.74. The molecule has 0 spiro atoms. The second-order valence-corrected chi connectivity index (χ2v) is 10.9. The van der Waals surface area contributed by atoms with Gasteiger partial charge in [-0.1, -0.05) is 30.3 Å². The first-order chi connectivity index (χ1) is 21.3. The van der Waals surface area contributed by atoms with Crippen LogP contribution in [-0.2, 0) is 14.3 Å². The molecular weight excluding hydrogens is 576 g/mol. The van der Waals surface area contributed by atoms with E-state index in [1.807, 2.05) is 29.3 Å². The Kier molecular flexibility index (Phi) is 5.79. The van der Waals surface area contributed by atoms with E-state index >= 15 is 4.39 Å². The number of benzene rings is 2. The average Bonchev–Trinajstić information content (AvgIpc) is 3.60. The highest BCUT2D eigenvalue weighted by Crippen LogP contribution is 2.49. The molecule has 0 radical (unpaired) electrons. The summed E-state index contributed by atoms with van der Waals surface area (Å²) in [4.78, 5) is 41.0. The lowest BCUT2D eigenvalue weighted by Gasteiger charge is -2.51. The van der Waals surface area contributed by atoms with Crippen molar-refractivity contribution in [1.82, 2.24) is 9.58 Å². The van der Waals surface area contributed by atoms with Gasteiger partial charge in [0.15, 0.2) is 17.3 Å². The highest BCUT2D eigenvalue weighted by atomic mass is 19.2. The summed E-state index contributed by atoms with van der Waals surface area (Å²) < 4.78 is 55.0. The number of fused-ring (bicyclic) bond motifs is 7. The number of esters is 1. The van der Waals surface area contributed by atoms with Crippen LogP contribution in [0, 0.1) is 11.6 Å². The highest BCUT2D eigenvalue weighted by Gasteiger charge is 2.47. The lowest BCUT2D eigenvalue weighted by Crippen LogP contribution is -2.66. The van der Waals surface area contributed by atoms with Gasteiger partial charge >= 0.3 is 5.97 Å². The van der Waals surface area contributed by atoms with Crippen LogP contribution in [0.5, 0.6) is 5.75 Å². The van der Waals surface area contributed by atoms with Crippen LogP contribution in [0.4, 0.5) is 8.78 Å².